The number of nitrogens with one attached hydrogen (secondary N) is 1. The molecule has 122 valence electrons. The quantitative estimate of drug-likeness (QED) is 0.922. The first-order chi connectivity index (χ1) is 11.2. The van der Waals surface area contributed by atoms with Crippen LogP contribution in [0.1, 0.15) is 35.8 Å². The zero-order valence-corrected chi connectivity index (χ0v) is 13.1. The average Bonchev–Trinajstić information content (AvgIpc) is 3.22. The second kappa shape index (κ2) is 6.91. The molecule has 1 aromatic heterocycles. The minimum absolute atomic E-state index is 0.108. The molecule has 0 aliphatic carbocycles. The standard InChI is InChI=1S/C17H20FN3O2/c1-2-16-15(17(22)19-10-14-4-3-9-23-14)11-20-21(16)13-7-5-12(18)6-8-13/h5-8,11,14H,2-4,9-10H2,1H3,(H,19,22). The first-order valence-corrected chi connectivity index (χ1v) is 7.91. The van der Waals surface area contributed by atoms with E-state index in [1.807, 2.05) is 6.92 Å². The molecule has 2 heterocycles. The van der Waals surface area contributed by atoms with Gasteiger partial charge >= 0.3 is 0 Å². The highest BCUT2D eigenvalue weighted by atomic mass is 19.1. The summed E-state index contributed by atoms with van der Waals surface area (Å²) in [6.07, 6.45) is 4.35. The van der Waals surface area contributed by atoms with Crippen molar-refractivity contribution >= 4 is 5.91 Å². The number of carbonyl (C=O) groups excluding carboxylic acids is 1. The minimum Gasteiger partial charge on any atom is -0.376 e. The molecular weight excluding hydrogens is 297 g/mol. The highest BCUT2D eigenvalue weighted by molar-refractivity contribution is 5.95. The molecule has 23 heavy (non-hydrogen) atoms. The summed E-state index contributed by atoms with van der Waals surface area (Å²) in [6, 6.07) is 6.06. The van der Waals surface area contributed by atoms with Gasteiger partial charge in [-0.05, 0) is 43.5 Å². The molecule has 0 spiro atoms. The Labute approximate surface area is 134 Å². The number of carbonyl (C=O) groups is 1. The van der Waals surface area contributed by atoms with E-state index in [2.05, 4.69) is 10.4 Å². The van der Waals surface area contributed by atoms with Crippen LogP contribution < -0.4 is 5.32 Å². The Balaban J connectivity index is 1.77. The molecule has 1 amide bonds. The first kappa shape index (κ1) is 15.7. The fraction of sp³-hybridized carbons (Fsp3) is 0.412. The zero-order valence-electron chi connectivity index (χ0n) is 13.1. The Kier molecular flexibility index (Phi) is 4.71. The highest BCUT2D eigenvalue weighted by Crippen LogP contribution is 2.17. The van der Waals surface area contributed by atoms with Crippen LogP contribution in [0, 0.1) is 5.82 Å². The van der Waals surface area contributed by atoms with Crippen molar-refractivity contribution in [1.29, 1.82) is 0 Å². The number of aromatic nitrogens is 2. The number of ether oxygens (including phenoxy) is 1. The molecule has 1 fully saturated rings. The SMILES string of the molecule is CCc1c(C(=O)NCC2CCCO2)cnn1-c1ccc(F)cc1. The van der Waals surface area contributed by atoms with Crippen LogP contribution in [0.2, 0.25) is 0 Å². The summed E-state index contributed by atoms with van der Waals surface area (Å²) in [6.45, 7) is 3.25. The second-order valence-corrected chi connectivity index (χ2v) is 5.59. The van der Waals surface area contributed by atoms with Crippen molar-refractivity contribution in [1.82, 2.24) is 15.1 Å². The lowest BCUT2D eigenvalue weighted by Crippen LogP contribution is -2.32. The van der Waals surface area contributed by atoms with Crippen LogP contribution in [0.3, 0.4) is 0 Å². The predicted octanol–water partition coefficient (Wildman–Crippen LogP) is 2.48. The van der Waals surface area contributed by atoms with Crippen molar-refractivity contribution in [3.05, 3.63) is 47.5 Å². The van der Waals surface area contributed by atoms with E-state index in [9.17, 15) is 9.18 Å². The fourth-order valence-corrected chi connectivity index (χ4v) is 2.82. The summed E-state index contributed by atoms with van der Waals surface area (Å²) in [5, 5.41) is 7.20. The predicted molar refractivity (Wildman–Crippen MR) is 84.2 cm³/mol. The summed E-state index contributed by atoms with van der Waals surface area (Å²) in [4.78, 5) is 12.4. The number of halogens is 1. The molecule has 6 heteroatoms. The fourth-order valence-electron chi connectivity index (χ4n) is 2.82. The van der Waals surface area contributed by atoms with Gasteiger partial charge in [0, 0.05) is 13.2 Å². The van der Waals surface area contributed by atoms with E-state index in [4.69, 9.17) is 4.74 Å². The maximum absolute atomic E-state index is 13.1. The highest BCUT2D eigenvalue weighted by Gasteiger charge is 2.20. The summed E-state index contributed by atoms with van der Waals surface area (Å²) >= 11 is 0. The van der Waals surface area contributed by atoms with Crippen molar-refractivity contribution in [2.45, 2.75) is 32.3 Å². The van der Waals surface area contributed by atoms with Crippen molar-refractivity contribution < 1.29 is 13.9 Å². The van der Waals surface area contributed by atoms with E-state index >= 15 is 0 Å². The van der Waals surface area contributed by atoms with Gasteiger partial charge in [-0.25, -0.2) is 9.07 Å². The summed E-state index contributed by atoms with van der Waals surface area (Å²) in [7, 11) is 0. The van der Waals surface area contributed by atoms with Crippen LogP contribution in [0.25, 0.3) is 5.69 Å². The van der Waals surface area contributed by atoms with Crippen molar-refractivity contribution in [3.8, 4) is 5.69 Å². The lowest BCUT2D eigenvalue weighted by molar-refractivity contribution is 0.0857. The third-order valence-electron chi connectivity index (χ3n) is 4.03. The van der Waals surface area contributed by atoms with Crippen molar-refractivity contribution in [2.75, 3.05) is 13.2 Å². The Bertz CT molecular complexity index is 676. The number of hydrogen-bond acceptors (Lipinski definition) is 3. The van der Waals surface area contributed by atoms with E-state index in [1.54, 1.807) is 23.0 Å². The summed E-state index contributed by atoms with van der Waals surface area (Å²) < 4.78 is 20.3. The molecule has 1 aliphatic rings. The van der Waals surface area contributed by atoms with Gasteiger partial charge in [-0.2, -0.15) is 5.10 Å². The van der Waals surface area contributed by atoms with Gasteiger partial charge in [0.05, 0.1) is 29.2 Å². The lowest BCUT2D eigenvalue weighted by Gasteiger charge is -2.11. The lowest BCUT2D eigenvalue weighted by atomic mass is 10.1. The van der Waals surface area contributed by atoms with Crippen LogP contribution in [-0.2, 0) is 11.2 Å². The van der Waals surface area contributed by atoms with Crippen LogP contribution in [0.4, 0.5) is 4.39 Å². The van der Waals surface area contributed by atoms with E-state index < -0.39 is 0 Å². The van der Waals surface area contributed by atoms with Gasteiger partial charge in [0.2, 0.25) is 0 Å². The van der Waals surface area contributed by atoms with Crippen LogP contribution in [0.15, 0.2) is 30.5 Å². The van der Waals surface area contributed by atoms with Gasteiger partial charge in [-0.3, -0.25) is 4.79 Å². The average molecular weight is 317 g/mol. The molecule has 2 aromatic rings. The third-order valence-corrected chi connectivity index (χ3v) is 4.03. The van der Waals surface area contributed by atoms with Gasteiger partial charge in [-0.15, -0.1) is 0 Å². The molecular formula is C17H20FN3O2. The normalized spacial score (nSPS) is 17.4. The smallest absolute Gasteiger partial charge is 0.254 e. The van der Waals surface area contributed by atoms with E-state index in [1.165, 1.54) is 12.1 Å². The van der Waals surface area contributed by atoms with Crippen LogP contribution >= 0.6 is 0 Å². The maximum atomic E-state index is 13.1. The van der Waals surface area contributed by atoms with Crippen LogP contribution in [-0.4, -0.2) is 34.9 Å². The molecule has 1 aromatic carbocycles. The third kappa shape index (κ3) is 3.42. The zero-order chi connectivity index (χ0) is 16.2. The molecule has 1 N–H and O–H groups in total. The molecule has 1 atom stereocenters. The molecule has 1 saturated heterocycles. The van der Waals surface area contributed by atoms with E-state index in [0.29, 0.717) is 18.5 Å². The van der Waals surface area contributed by atoms with Crippen molar-refractivity contribution in [2.24, 2.45) is 0 Å². The van der Waals surface area contributed by atoms with E-state index in [-0.39, 0.29) is 17.8 Å². The number of rotatable bonds is 5. The van der Waals surface area contributed by atoms with Gasteiger partial charge in [0.1, 0.15) is 5.82 Å². The Morgan fingerprint density at radius 1 is 1.43 bits per heavy atom. The topological polar surface area (TPSA) is 56.1 Å². The monoisotopic (exact) mass is 317 g/mol. The Morgan fingerprint density at radius 2 is 2.22 bits per heavy atom. The largest absolute Gasteiger partial charge is 0.376 e. The summed E-state index contributed by atoms with van der Waals surface area (Å²) in [5.74, 6) is -0.445. The van der Waals surface area contributed by atoms with E-state index in [0.717, 1.165) is 30.8 Å². The maximum Gasteiger partial charge on any atom is 0.254 e. The van der Waals surface area contributed by atoms with Gasteiger partial charge in [0.15, 0.2) is 0 Å². The Hall–Kier alpha value is -2.21. The number of amides is 1. The summed E-state index contributed by atoms with van der Waals surface area (Å²) in [5.41, 5.74) is 2.10. The Morgan fingerprint density at radius 3 is 2.87 bits per heavy atom. The molecule has 1 aliphatic heterocycles. The van der Waals surface area contributed by atoms with Crippen molar-refractivity contribution in [3.63, 3.8) is 0 Å². The molecule has 0 bridgehead atoms. The van der Waals surface area contributed by atoms with Gasteiger partial charge in [-0.1, -0.05) is 6.92 Å². The minimum atomic E-state index is -0.298. The molecule has 5 nitrogen and oxygen atoms in total. The number of nitrogens with zero attached hydrogens (tertiary/aromatic N) is 2. The van der Waals surface area contributed by atoms with Gasteiger partial charge in [0.25, 0.3) is 5.91 Å². The first-order valence-electron chi connectivity index (χ1n) is 7.91. The second-order valence-electron chi connectivity index (χ2n) is 5.59. The molecule has 3 rings (SSSR count). The van der Waals surface area contributed by atoms with Crippen LogP contribution in [0.5, 0.6) is 0 Å². The molecule has 0 saturated carbocycles. The molecule has 0 radical (unpaired) electrons. The van der Waals surface area contributed by atoms with Gasteiger partial charge < -0.3 is 10.1 Å². The molecule has 1 unspecified atom stereocenters. The number of benzene rings is 1. The number of hydrogen-bond donors (Lipinski definition) is 1.